The topological polar surface area (TPSA) is 87.7 Å². The third kappa shape index (κ3) is 9.98. The summed E-state index contributed by atoms with van der Waals surface area (Å²) in [5.74, 6) is -0.542. The van der Waals surface area contributed by atoms with Gasteiger partial charge in [-0.15, -0.1) is 6.58 Å². The third-order valence-corrected chi connectivity index (χ3v) is 4.72. The first-order valence-electron chi connectivity index (χ1n) is 11.8. The van der Waals surface area contributed by atoms with E-state index in [1.165, 1.54) is 4.90 Å². The van der Waals surface area contributed by atoms with Gasteiger partial charge in [0.05, 0.1) is 0 Å². The molecule has 1 aromatic carbocycles. The Morgan fingerprint density at radius 2 is 1.74 bits per heavy atom. The number of nitrogens with one attached hydrogen (secondary N) is 2. The Hall–Kier alpha value is -2.83. The molecule has 7 nitrogen and oxygen atoms in total. The van der Waals surface area contributed by atoms with Gasteiger partial charge < -0.3 is 20.3 Å². The van der Waals surface area contributed by atoms with Crippen LogP contribution >= 0.6 is 0 Å². The number of hydrogen-bond acceptors (Lipinski definition) is 4. The van der Waals surface area contributed by atoms with E-state index < -0.39 is 29.3 Å². The Bertz CT molecular complexity index is 865. The number of ether oxygens (including phenoxy) is 1. The van der Waals surface area contributed by atoms with Gasteiger partial charge in [0.15, 0.2) is 0 Å². The van der Waals surface area contributed by atoms with Crippen molar-refractivity contribution in [1.82, 2.24) is 15.5 Å². The first kappa shape index (κ1) is 29.2. The summed E-state index contributed by atoms with van der Waals surface area (Å²) in [5, 5.41) is 5.73. The number of hydrogen-bond donors (Lipinski definition) is 2. The molecule has 34 heavy (non-hydrogen) atoms. The number of nitrogens with zero attached hydrogens (tertiary/aromatic N) is 1. The number of rotatable bonds is 9. The maximum Gasteiger partial charge on any atom is 0.408 e. The molecule has 1 aromatic rings. The van der Waals surface area contributed by atoms with E-state index in [4.69, 9.17) is 4.74 Å². The van der Waals surface area contributed by atoms with Gasteiger partial charge in [0.2, 0.25) is 11.8 Å². The molecule has 3 amide bonds. The van der Waals surface area contributed by atoms with E-state index in [0.717, 1.165) is 5.56 Å². The van der Waals surface area contributed by atoms with Crippen molar-refractivity contribution in [1.29, 1.82) is 0 Å². The monoisotopic (exact) mass is 473 g/mol. The third-order valence-electron chi connectivity index (χ3n) is 4.72. The lowest BCUT2D eigenvalue weighted by molar-refractivity contribution is -0.142. The molecule has 0 bridgehead atoms. The van der Waals surface area contributed by atoms with Crippen molar-refractivity contribution < 1.29 is 19.1 Å². The van der Waals surface area contributed by atoms with Crippen LogP contribution in [0.4, 0.5) is 4.79 Å². The van der Waals surface area contributed by atoms with Crippen molar-refractivity contribution in [2.24, 2.45) is 5.92 Å². The second kappa shape index (κ2) is 12.0. The summed E-state index contributed by atoms with van der Waals surface area (Å²) < 4.78 is 5.39. The second-order valence-electron chi connectivity index (χ2n) is 11.2. The number of aryl methyl sites for hydroxylation is 1. The van der Waals surface area contributed by atoms with Crippen LogP contribution in [0.2, 0.25) is 0 Å². The lowest BCUT2D eigenvalue weighted by Gasteiger charge is -2.36. The van der Waals surface area contributed by atoms with Crippen LogP contribution in [-0.2, 0) is 14.3 Å². The van der Waals surface area contributed by atoms with Gasteiger partial charge in [-0.3, -0.25) is 9.59 Å². The van der Waals surface area contributed by atoms with Crippen LogP contribution in [0, 0.1) is 12.8 Å². The van der Waals surface area contributed by atoms with Gasteiger partial charge in [-0.05, 0) is 66.4 Å². The number of alkyl carbamates (subject to hydrolysis) is 1. The van der Waals surface area contributed by atoms with Crippen molar-refractivity contribution in [3.05, 3.63) is 48.0 Å². The molecular weight excluding hydrogens is 430 g/mol. The molecule has 1 rings (SSSR count). The zero-order valence-corrected chi connectivity index (χ0v) is 22.3. The van der Waals surface area contributed by atoms with Crippen LogP contribution in [0.15, 0.2) is 36.9 Å². The lowest BCUT2D eigenvalue weighted by atomic mass is 9.97. The largest absolute Gasteiger partial charge is 0.444 e. The second-order valence-corrected chi connectivity index (χ2v) is 11.2. The number of benzene rings is 1. The predicted octanol–water partition coefficient (Wildman–Crippen LogP) is 4.90. The minimum atomic E-state index is -0.889. The average Bonchev–Trinajstić information content (AvgIpc) is 2.63. The highest BCUT2D eigenvalue weighted by Crippen LogP contribution is 2.25. The molecule has 0 aliphatic rings. The van der Waals surface area contributed by atoms with E-state index in [0.29, 0.717) is 12.0 Å². The Balaban J connectivity index is 3.46. The summed E-state index contributed by atoms with van der Waals surface area (Å²) in [7, 11) is 0. The Labute approximate surface area is 205 Å². The highest BCUT2D eigenvalue weighted by Gasteiger charge is 2.37. The number of carbonyl (C=O) groups is 3. The first-order chi connectivity index (χ1) is 15.5. The molecule has 0 fully saturated rings. The summed E-state index contributed by atoms with van der Waals surface area (Å²) in [6.45, 7) is 20.8. The normalized spacial score (nSPS) is 13.6. The molecule has 2 atom stereocenters. The summed E-state index contributed by atoms with van der Waals surface area (Å²) >= 11 is 0. The molecule has 0 radical (unpaired) electrons. The first-order valence-corrected chi connectivity index (χ1v) is 11.8. The fraction of sp³-hybridized carbons (Fsp3) is 0.593. The fourth-order valence-corrected chi connectivity index (χ4v) is 3.56. The summed E-state index contributed by atoms with van der Waals surface area (Å²) in [6.07, 6.45) is 1.31. The minimum absolute atomic E-state index is 0.121. The molecule has 0 aromatic heterocycles. The Morgan fingerprint density at radius 1 is 1.12 bits per heavy atom. The number of carbonyl (C=O) groups excluding carboxylic acids is 3. The van der Waals surface area contributed by atoms with Crippen LogP contribution in [-0.4, -0.2) is 46.5 Å². The van der Waals surface area contributed by atoms with Crippen LogP contribution in [0.3, 0.4) is 0 Å². The SMILES string of the molecule is C=CCN(C(=O)C(CC(C)C)NC(=O)OC(C)(C)C)C(C(=O)NC(C)(C)C)c1cccc(C)c1. The van der Waals surface area contributed by atoms with Crippen molar-refractivity contribution in [2.45, 2.75) is 92.0 Å². The van der Waals surface area contributed by atoms with E-state index in [-0.39, 0.29) is 24.3 Å². The van der Waals surface area contributed by atoms with Crippen molar-refractivity contribution in [2.75, 3.05) is 6.54 Å². The average molecular weight is 474 g/mol. The lowest BCUT2D eigenvalue weighted by Crippen LogP contribution is -2.55. The highest BCUT2D eigenvalue weighted by atomic mass is 16.6. The Morgan fingerprint density at radius 3 is 2.21 bits per heavy atom. The zero-order valence-electron chi connectivity index (χ0n) is 22.3. The molecule has 0 saturated heterocycles. The van der Waals surface area contributed by atoms with E-state index in [2.05, 4.69) is 17.2 Å². The molecule has 0 saturated carbocycles. The molecule has 0 spiro atoms. The van der Waals surface area contributed by atoms with Crippen LogP contribution < -0.4 is 10.6 Å². The highest BCUT2D eigenvalue weighted by molar-refractivity contribution is 5.92. The molecular formula is C27H43N3O4. The molecule has 0 aliphatic heterocycles. The van der Waals surface area contributed by atoms with E-state index in [1.807, 2.05) is 65.8 Å². The van der Waals surface area contributed by atoms with Crippen molar-refractivity contribution in [3.8, 4) is 0 Å². The molecule has 7 heteroatoms. The van der Waals surface area contributed by atoms with Crippen molar-refractivity contribution in [3.63, 3.8) is 0 Å². The van der Waals surface area contributed by atoms with Gasteiger partial charge in [0, 0.05) is 12.1 Å². The quantitative estimate of drug-likeness (QED) is 0.499. The van der Waals surface area contributed by atoms with Crippen LogP contribution in [0.5, 0.6) is 0 Å². The van der Waals surface area contributed by atoms with E-state index in [9.17, 15) is 14.4 Å². The number of amides is 3. The fourth-order valence-electron chi connectivity index (χ4n) is 3.56. The van der Waals surface area contributed by atoms with Gasteiger partial charge >= 0.3 is 6.09 Å². The minimum Gasteiger partial charge on any atom is -0.444 e. The summed E-state index contributed by atoms with van der Waals surface area (Å²) in [4.78, 5) is 41.4. The predicted molar refractivity (Wildman–Crippen MR) is 136 cm³/mol. The van der Waals surface area contributed by atoms with E-state index >= 15 is 0 Å². The van der Waals surface area contributed by atoms with Crippen LogP contribution in [0.25, 0.3) is 0 Å². The maximum absolute atomic E-state index is 13.9. The van der Waals surface area contributed by atoms with Gasteiger partial charge in [-0.1, -0.05) is 49.8 Å². The van der Waals surface area contributed by atoms with Gasteiger partial charge in [-0.2, -0.15) is 0 Å². The van der Waals surface area contributed by atoms with Crippen LogP contribution in [0.1, 0.15) is 79.0 Å². The summed E-state index contributed by atoms with van der Waals surface area (Å²) in [6, 6.07) is 5.79. The summed E-state index contributed by atoms with van der Waals surface area (Å²) in [5.41, 5.74) is 0.474. The molecule has 2 unspecified atom stereocenters. The van der Waals surface area contributed by atoms with Gasteiger partial charge in [0.1, 0.15) is 17.7 Å². The zero-order chi connectivity index (χ0) is 26.3. The molecule has 0 aliphatic carbocycles. The van der Waals surface area contributed by atoms with Crippen molar-refractivity contribution >= 4 is 17.9 Å². The van der Waals surface area contributed by atoms with Gasteiger partial charge in [0.25, 0.3) is 0 Å². The molecule has 0 heterocycles. The smallest absolute Gasteiger partial charge is 0.408 e. The standard InChI is InChI=1S/C27H43N3O4/c1-11-15-30(24(32)21(16-18(2)3)28-25(33)34-27(8,9)10)22(23(31)29-26(5,6)7)20-14-12-13-19(4)17-20/h11-14,17-18,21-22H,1,15-16H2,2-10H3,(H,28,33)(H,29,31). The van der Waals surface area contributed by atoms with E-state index in [1.54, 1.807) is 26.8 Å². The Kier molecular flexibility index (Phi) is 10.3. The maximum atomic E-state index is 13.9. The molecule has 190 valence electrons. The molecule has 2 N–H and O–H groups in total. The van der Waals surface area contributed by atoms with Gasteiger partial charge in [-0.25, -0.2) is 4.79 Å².